The number of allylic oxidation sites excluding steroid dienone is 1. The number of ether oxygens (including phenoxy) is 1. The molecule has 1 atom stereocenters. The van der Waals surface area contributed by atoms with Crippen LogP contribution in [0.4, 0.5) is 4.39 Å². The molecule has 2 aliphatic heterocycles. The first-order chi connectivity index (χ1) is 15.7. The highest BCUT2D eigenvalue weighted by Crippen LogP contribution is 2.46. The lowest BCUT2D eigenvalue weighted by atomic mass is 9.72. The van der Waals surface area contributed by atoms with Gasteiger partial charge in [-0.2, -0.15) is 5.82 Å². The van der Waals surface area contributed by atoms with Crippen LogP contribution in [-0.2, 0) is 4.74 Å². The van der Waals surface area contributed by atoms with Crippen LogP contribution in [0.5, 0.6) is 0 Å². The third kappa shape index (κ3) is 3.31. The second-order valence-electron chi connectivity index (χ2n) is 9.41. The highest BCUT2D eigenvalue weighted by atomic mass is 19.1. The standard InChI is InChI=1S/C28H26BFNO/c1-18-3-2-4-21(15-18)27-24-17-25-20(9-12-29-25)16-26(24)31(23-7-5-22(30)6-8-23)28(27)19-10-13-32-14-11-19/h5-8,16-17,19,21H,1-4,10-11,13-15H2. The van der Waals surface area contributed by atoms with E-state index in [9.17, 15) is 4.39 Å². The molecule has 3 aliphatic rings. The molecule has 2 nitrogen and oxygen atoms in total. The van der Waals surface area contributed by atoms with Gasteiger partial charge in [0.25, 0.3) is 7.28 Å². The van der Waals surface area contributed by atoms with Gasteiger partial charge in [0.05, 0.1) is 5.52 Å². The van der Waals surface area contributed by atoms with Gasteiger partial charge < -0.3 is 9.30 Å². The smallest absolute Gasteiger partial charge is 0.255 e. The first-order valence-corrected chi connectivity index (χ1v) is 11.8. The van der Waals surface area contributed by atoms with Gasteiger partial charge in [-0.1, -0.05) is 29.6 Å². The molecule has 2 aromatic carbocycles. The molecule has 1 radical (unpaired) electrons. The molecule has 0 spiro atoms. The number of rotatable bonds is 3. The minimum absolute atomic E-state index is 0.206. The normalized spacial score (nSPS) is 20.7. The van der Waals surface area contributed by atoms with Crippen molar-refractivity contribution in [2.45, 2.75) is 50.4 Å². The zero-order valence-corrected chi connectivity index (χ0v) is 18.3. The molecule has 1 unspecified atom stereocenters. The van der Waals surface area contributed by atoms with E-state index in [1.165, 1.54) is 46.0 Å². The van der Waals surface area contributed by atoms with Gasteiger partial charge >= 0.3 is 0 Å². The van der Waals surface area contributed by atoms with Crippen LogP contribution in [0, 0.1) is 17.6 Å². The SMILES string of the molecule is C=C1CCCC(c2c(C3CCOCC3)n(-c3ccc(F)cc3)c3cc4c(cc23)[B]C#C4)C1. The first kappa shape index (κ1) is 19.9. The third-order valence-corrected chi connectivity index (χ3v) is 7.37. The molecule has 0 N–H and O–H groups in total. The van der Waals surface area contributed by atoms with Gasteiger partial charge in [0, 0.05) is 41.5 Å². The fourth-order valence-corrected chi connectivity index (χ4v) is 5.88. The summed E-state index contributed by atoms with van der Waals surface area (Å²) in [6, 6.07) is 11.5. The molecule has 0 bridgehead atoms. The Kier molecular flexibility index (Phi) is 4.96. The summed E-state index contributed by atoms with van der Waals surface area (Å²) in [6.07, 6.45) is 6.61. The lowest BCUT2D eigenvalue weighted by Gasteiger charge is -2.30. The summed E-state index contributed by atoms with van der Waals surface area (Å²) in [6.45, 7) is 5.94. The molecule has 4 heteroatoms. The predicted molar refractivity (Wildman–Crippen MR) is 129 cm³/mol. The maximum atomic E-state index is 13.8. The summed E-state index contributed by atoms with van der Waals surface area (Å²) in [5.41, 5.74) is 8.70. The summed E-state index contributed by atoms with van der Waals surface area (Å²) in [7, 11) is 2.03. The van der Waals surface area contributed by atoms with Crippen molar-refractivity contribution in [3.05, 3.63) is 71.2 Å². The second-order valence-corrected chi connectivity index (χ2v) is 9.41. The summed E-state index contributed by atoms with van der Waals surface area (Å²) in [4.78, 5) is 0. The van der Waals surface area contributed by atoms with Crippen LogP contribution in [0.15, 0.2) is 48.6 Å². The number of benzene rings is 2. The zero-order valence-electron chi connectivity index (χ0n) is 18.3. The van der Waals surface area contributed by atoms with Crippen LogP contribution < -0.4 is 5.46 Å². The molecular formula is C28H26BFNO. The topological polar surface area (TPSA) is 14.2 Å². The van der Waals surface area contributed by atoms with Gasteiger partial charge in [0.2, 0.25) is 0 Å². The average Bonchev–Trinajstić information content (AvgIpc) is 3.40. The Bertz CT molecular complexity index is 1270. The molecule has 159 valence electrons. The van der Waals surface area contributed by atoms with Crippen LogP contribution in [0.3, 0.4) is 0 Å². The Labute approximate surface area is 189 Å². The van der Waals surface area contributed by atoms with E-state index in [0.717, 1.165) is 50.1 Å². The molecular weight excluding hydrogens is 396 g/mol. The molecule has 1 saturated heterocycles. The van der Waals surface area contributed by atoms with Gasteiger partial charge in [-0.05, 0) is 80.3 Å². The van der Waals surface area contributed by atoms with Crippen molar-refractivity contribution < 1.29 is 9.13 Å². The molecule has 1 aliphatic carbocycles. The Morgan fingerprint density at radius 2 is 1.88 bits per heavy atom. The van der Waals surface area contributed by atoms with Crippen LogP contribution in [0.1, 0.15) is 67.2 Å². The van der Waals surface area contributed by atoms with E-state index >= 15 is 0 Å². The first-order valence-electron chi connectivity index (χ1n) is 11.8. The predicted octanol–water partition coefficient (Wildman–Crippen LogP) is 5.53. The Morgan fingerprint density at radius 3 is 2.66 bits per heavy atom. The van der Waals surface area contributed by atoms with Crippen molar-refractivity contribution in [3.63, 3.8) is 0 Å². The monoisotopic (exact) mass is 422 g/mol. The molecule has 0 amide bonds. The third-order valence-electron chi connectivity index (χ3n) is 7.37. The number of aromatic nitrogens is 1. The second kappa shape index (κ2) is 7.98. The number of halogens is 1. The number of hydrogen-bond donors (Lipinski definition) is 0. The van der Waals surface area contributed by atoms with Crippen molar-refractivity contribution >= 4 is 23.6 Å². The lowest BCUT2D eigenvalue weighted by Crippen LogP contribution is -2.19. The van der Waals surface area contributed by atoms with Crippen molar-refractivity contribution in [3.8, 4) is 17.4 Å². The van der Waals surface area contributed by atoms with E-state index in [-0.39, 0.29) is 5.82 Å². The molecule has 1 aromatic heterocycles. The van der Waals surface area contributed by atoms with Gasteiger partial charge in [-0.15, -0.1) is 0 Å². The van der Waals surface area contributed by atoms with Gasteiger partial charge in [0.15, 0.2) is 0 Å². The van der Waals surface area contributed by atoms with Crippen molar-refractivity contribution in [2.24, 2.45) is 0 Å². The number of hydrogen-bond acceptors (Lipinski definition) is 1. The fourth-order valence-electron chi connectivity index (χ4n) is 5.88. The minimum Gasteiger partial charge on any atom is -0.381 e. The van der Waals surface area contributed by atoms with Crippen molar-refractivity contribution in [1.82, 2.24) is 4.57 Å². The lowest BCUT2D eigenvalue weighted by molar-refractivity contribution is 0.0839. The Hall–Kier alpha value is -2.77. The van der Waals surface area contributed by atoms with Crippen LogP contribution in [0.2, 0.25) is 0 Å². The summed E-state index contributed by atoms with van der Waals surface area (Å²) < 4.78 is 22.0. The quantitative estimate of drug-likeness (QED) is 0.308. The van der Waals surface area contributed by atoms with E-state index in [0.29, 0.717) is 11.8 Å². The van der Waals surface area contributed by atoms with Crippen molar-refractivity contribution in [1.29, 1.82) is 0 Å². The highest BCUT2D eigenvalue weighted by molar-refractivity contribution is 6.64. The molecule has 32 heavy (non-hydrogen) atoms. The Balaban J connectivity index is 1.66. The number of fused-ring (bicyclic) bond motifs is 2. The maximum Gasteiger partial charge on any atom is 0.255 e. The summed E-state index contributed by atoms with van der Waals surface area (Å²) in [5, 5.41) is 1.32. The average molecular weight is 422 g/mol. The van der Waals surface area contributed by atoms with E-state index in [1.807, 2.05) is 19.4 Å². The largest absolute Gasteiger partial charge is 0.381 e. The molecule has 2 fully saturated rings. The van der Waals surface area contributed by atoms with Crippen LogP contribution in [0.25, 0.3) is 16.6 Å². The van der Waals surface area contributed by atoms with E-state index < -0.39 is 0 Å². The Morgan fingerprint density at radius 1 is 1.06 bits per heavy atom. The van der Waals surface area contributed by atoms with Gasteiger partial charge in [-0.3, -0.25) is 0 Å². The molecule has 1 saturated carbocycles. The number of nitrogens with zero attached hydrogens (tertiary/aromatic N) is 1. The van der Waals surface area contributed by atoms with E-state index in [4.69, 9.17) is 4.74 Å². The highest BCUT2D eigenvalue weighted by Gasteiger charge is 2.32. The molecule has 6 rings (SSSR count). The van der Waals surface area contributed by atoms with Gasteiger partial charge in [0.1, 0.15) is 5.82 Å². The van der Waals surface area contributed by atoms with Crippen LogP contribution in [-0.4, -0.2) is 25.1 Å². The van der Waals surface area contributed by atoms with Crippen molar-refractivity contribution in [2.75, 3.05) is 13.2 Å². The molecule has 3 heterocycles. The fraction of sp³-hybridized carbons (Fsp3) is 0.357. The summed E-state index contributed by atoms with van der Waals surface area (Å²) >= 11 is 0. The minimum atomic E-state index is -0.206. The van der Waals surface area contributed by atoms with Gasteiger partial charge in [-0.25, -0.2) is 4.39 Å². The summed E-state index contributed by atoms with van der Waals surface area (Å²) in [5.74, 6) is 7.09. The maximum absolute atomic E-state index is 13.8. The van der Waals surface area contributed by atoms with Crippen LogP contribution >= 0.6 is 0 Å². The van der Waals surface area contributed by atoms with E-state index in [2.05, 4.69) is 35.0 Å². The molecule has 3 aromatic rings. The zero-order chi connectivity index (χ0) is 21.7. The van der Waals surface area contributed by atoms with E-state index in [1.54, 1.807) is 12.1 Å².